The Hall–Kier alpha value is -1.55. The molecule has 0 radical (unpaired) electrons. The van der Waals surface area contributed by atoms with Crippen molar-refractivity contribution in [1.29, 1.82) is 0 Å². The number of fused-ring (bicyclic) bond motifs is 1. The Balaban J connectivity index is 2.17. The molecular weight excluding hydrogens is 242 g/mol. The first-order chi connectivity index (χ1) is 9.13. The van der Waals surface area contributed by atoms with E-state index in [9.17, 15) is 5.11 Å². The quantitative estimate of drug-likeness (QED) is 0.634. The standard InChI is InChI=1S/C15H21NO3/c1-3-15(17,4-2)10-19-14-7-5-6-11-12(14)8-9-13(11)16-18/h5-7,17-18H,3-4,8-10H2,1-2H3/b16-13+. The van der Waals surface area contributed by atoms with Crippen LogP contribution in [0, 0.1) is 0 Å². The van der Waals surface area contributed by atoms with Crippen LogP contribution in [0.2, 0.25) is 0 Å². The molecule has 0 atom stereocenters. The number of hydrogen-bond donors (Lipinski definition) is 2. The van der Waals surface area contributed by atoms with Crippen molar-refractivity contribution in [3.05, 3.63) is 29.3 Å². The SMILES string of the molecule is CCC(O)(CC)COc1cccc2c1CC/C2=N\O. The second-order valence-corrected chi connectivity index (χ2v) is 5.05. The highest BCUT2D eigenvalue weighted by Gasteiger charge is 2.26. The molecule has 0 saturated heterocycles. The van der Waals surface area contributed by atoms with Gasteiger partial charge in [-0.1, -0.05) is 31.1 Å². The molecule has 104 valence electrons. The molecule has 0 spiro atoms. The Bertz CT molecular complexity index is 478. The van der Waals surface area contributed by atoms with Gasteiger partial charge in [0.1, 0.15) is 12.4 Å². The molecule has 4 heteroatoms. The lowest BCUT2D eigenvalue weighted by atomic mass is 9.99. The first-order valence-electron chi connectivity index (χ1n) is 6.82. The van der Waals surface area contributed by atoms with Crippen LogP contribution in [0.25, 0.3) is 0 Å². The number of ether oxygens (including phenoxy) is 1. The van der Waals surface area contributed by atoms with E-state index in [-0.39, 0.29) is 0 Å². The molecular formula is C15H21NO3. The van der Waals surface area contributed by atoms with Crippen molar-refractivity contribution >= 4 is 5.71 Å². The average molecular weight is 263 g/mol. The largest absolute Gasteiger partial charge is 0.490 e. The summed E-state index contributed by atoms with van der Waals surface area (Å²) in [5, 5.41) is 22.5. The third-order valence-electron chi connectivity index (χ3n) is 3.99. The molecule has 1 aromatic carbocycles. The lowest BCUT2D eigenvalue weighted by Gasteiger charge is -2.25. The molecule has 0 bridgehead atoms. The van der Waals surface area contributed by atoms with E-state index < -0.39 is 5.60 Å². The van der Waals surface area contributed by atoms with Gasteiger partial charge in [-0.15, -0.1) is 0 Å². The summed E-state index contributed by atoms with van der Waals surface area (Å²) in [5.41, 5.74) is 1.97. The van der Waals surface area contributed by atoms with Crippen LogP contribution in [0.4, 0.5) is 0 Å². The number of nitrogens with zero attached hydrogens (tertiary/aromatic N) is 1. The number of hydrogen-bond acceptors (Lipinski definition) is 4. The molecule has 1 aliphatic carbocycles. The first-order valence-corrected chi connectivity index (χ1v) is 6.82. The lowest BCUT2D eigenvalue weighted by molar-refractivity contribution is -0.0115. The molecule has 0 heterocycles. The van der Waals surface area contributed by atoms with Crippen LogP contribution in [-0.4, -0.2) is 28.2 Å². The fourth-order valence-electron chi connectivity index (χ4n) is 2.38. The summed E-state index contributed by atoms with van der Waals surface area (Å²) in [7, 11) is 0. The summed E-state index contributed by atoms with van der Waals surface area (Å²) in [4.78, 5) is 0. The molecule has 0 fully saturated rings. The van der Waals surface area contributed by atoms with Gasteiger partial charge < -0.3 is 15.1 Å². The van der Waals surface area contributed by atoms with E-state index in [1.165, 1.54) is 0 Å². The van der Waals surface area contributed by atoms with Gasteiger partial charge in [-0.25, -0.2) is 0 Å². The summed E-state index contributed by atoms with van der Waals surface area (Å²) in [5.74, 6) is 0.788. The van der Waals surface area contributed by atoms with E-state index in [1.54, 1.807) is 0 Å². The summed E-state index contributed by atoms with van der Waals surface area (Å²) >= 11 is 0. The molecule has 1 aromatic rings. The van der Waals surface area contributed by atoms with Gasteiger partial charge in [-0.2, -0.15) is 0 Å². The number of oxime groups is 1. The summed E-state index contributed by atoms with van der Waals surface area (Å²) in [6, 6.07) is 5.74. The van der Waals surface area contributed by atoms with Crippen molar-refractivity contribution in [3.8, 4) is 5.75 Å². The fraction of sp³-hybridized carbons (Fsp3) is 0.533. The van der Waals surface area contributed by atoms with Crippen LogP contribution in [0.1, 0.15) is 44.2 Å². The van der Waals surface area contributed by atoms with Crippen LogP contribution < -0.4 is 4.74 Å². The molecule has 0 unspecified atom stereocenters. The topological polar surface area (TPSA) is 62.0 Å². The Morgan fingerprint density at radius 1 is 1.26 bits per heavy atom. The number of rotatable bonds is 5. The highest BCUT2D eigenvalue weighted by molar-refractivity contribution is 6.04. The molecule has 4 nitrogen and oxygen atoms in total. The van der Waals surface area contributed by atoms with Crippen molar-refractivity contribution in [3.63, 3.8) is 0 Å². The van der Waals surface area contributed by atoms with E-state index >= 15 is 0 Å². The Morgan fingerprint density at radius 2 is 2.00 bits per heavy atom. The zero-order chi connectivity index (χ0) is 13.9. The van der Waals surface area contributed by atoms with Crippen LogP contribution in [-0.2, 0) is 6.42 Å². The Morgan fingerprint density at radius 3 is 2.63 bits per heavy atom. The van der Waals surface area contributed by atoms with Crippen molar-refractivity contribution < 1.29 is 15.1 Å². The molecule has 2 N–H and O–H groups in total. The van der Waals surface area contributed by atoms with Crippen LogP contribution in [0.3, 0.4) is 0 Å². The van der Waals surface area contributed by atoms with Crippen LogP contribution in [0.5, 0.6) is 5.75 Å². The minimum atomic E-state index is -0.769. The highest BCUT2D eigenvalue weighted by atomic mass is 16.5. The van der Waals surface area contributed by atoms with Crippen LogP contribution >= 0.6 is 0 Å². The van der Waals surface area contributed by atoms with Gasteiger partial charge in [-0.3, -0.25) is 0 Å². The fourth-order valence-corrected chi connectivity index (χ4v) is 2.38. The van der Waals surface area contributed by atoms with Crippen molar-refractivity contribution in [1.82, 2.24) is 0 Å². The van der Waals surface area contributed by atoms with Crippen molar-refractivity contribution in [2.45, 2.75) is 45.1 Å². The Labute approximate surface area is 113 Å². The van der Waals surface area contributed by atoms with Gasteiger partial charge in [0.25, 0.3) is 0 Å². The highest BCUT2D eigenvalue weighted by Crippen LogP contribution is 2.31. The van der Waals surface area contributed by atoms with Gasteiger partial charge in [0, 0.05) is 11.1 Å². The zero-order valence-corrected chi connectivity index (χ0v) is 11.5. The Kier molecular flexibility index (Phi) is 4.10. The third-order valence-corrected chi connectivity index (χ3v) is 3.99. The molecule has 2 rings (SSSR count). The number of benzene rings is 1. The maximum atomic E-state index is 10.2. The number of aliphatic hydroxyl groups is 1. The normalized spacial score (nSPS) is 16.7. The first kappa shape index (κ1) is 13.9. The van der Waals surface area contributed by atoms with E-state index in [0.29, 0.717) is 25.2 Å². The maximum absolute atomic E-state index is 10.2. The van der Waals surface area contributed by atoms with Crippen molar-refractivity contribution in [2.75, 3.05) is 6.61 Å². The minimum Gasteiger partial charge on any atom is -0.490 e. The summed E-state index contributed by atoms with van der Waals surface area (Å²) in [6.07, 6.45) is 2.89. The monoisotopic (exact) mass is 263 g/mol. The molecule has 0 aliphatic heterocycles. The molecule has 1 aliphatic rings. The predicted octanol–water partition coefficient (Wildman–Crippen LogP) is 2.74. The molecule has 19 heavy (non-hydrogen) atoms. The summed E-state index contributed by atoms with van der Waals surface area (Å²) < 4.78 is 5.80. The van der Waals surface area contributed by atoms with E-state index in [2.05, 4.69) is 5.16 Å². The van der Waals surface area contributed by atoms with E-state index in [4.69, 9.17) is 9.94 Å². The second-order valence-electron chi connectivity index (χ2n) is 5.05. The predicted molar refractivity (Wildman–Crippen MR) is 74.1 cm³/mol. The maximum Gasteiger partial charge on any atom is 0.123 e. The lowest BCUT2D eigenvalue weighted by Crippen LogP contribution is -2.34. The van der Waals surface area contributed by atoms with Gasteiger partial charge in [0.05, 0.1) is 11.3 Å². The van der Waals surface area contributed by atoms with Crippen molar-refractivity contribution in [2.24, 2.45) is 5.16 Å². The third kappa shape index (κ3) is 2.73. The average Bonchev–Trinajstić information content (AvgIpc) is 2.88. The summed E-state index contributed by atoms with van der Waals surface area (Å²) in [6.45, 7) is 4.21. The van der Waals surface area contributed by atoms with Gasteiger partial charge in [-0.05, 0) is 31.7 Å². The molecule has 0 aromatic heterocycles. The van der Waals surface area contributed by atoms with Gasteiger partial charge >= 0.3 is 0 Å². The van der Waals surface area contributed by atoms with E-state index in [0.717, 1.165) is 29.7 Å². The van der Waals surface area contributed by atoms with Gasteiger partial charge in [0.2, 0.25) is 0 Å². The molecule has 0 amide bonds. The second kappa shape index (κ2) is 5.61. The smallest absolute Gasteiger partial charge is 0.123 e. The minimum absolute atomic E-state index is 0.294. The van der Waals surface area contributed by atoms with Gasteiger partial charge in [0.15, 0.2) is 0 Å². The molecule has 0 saturated carbocycles. The van der Waals surface area contributed by atoms with E-state index in [1.807, 2.05) is 32.0 Å². The zero-order valence-electron chi connectivity index (χ0n) is 11.5. The van der Waals surface area contributed by atoms with Crippen LogP contribution in [0.15, 0.2) is 23.4 Å².